The van der Waals surface area contributed by atoms with Gasteiger partial charge < -0.3 is 15.0 Å². The Morgan fingerprint density at radius 1 is 1.03 bits per heavy atom. The largest absolute Gasteiger partial charge is 0.491 e. The first kappa shape index (κ1) is 22.8. The van der Waals surface area contributed by atoms with Gasteiger partial charge in [-0.1, -0.05) is 30.3 Å². The number of rotatable bonds is 5. The number of halogens is 3. The van der Waals surface area contributed by atoms with Crippen LogP contribution in [0, 0.1) is 0 Å². The lowest BCUT2D eigenvalue weighted by Crippen LogP contribution is -2.29. The van der Waals surface area contributed by atoms with Gasteiger partial charge in [0.25, 0.3) is 0 Å². The quantitative estimate of drug-likeness (QED) is 0.410. The Bertz CT molecular complexity index is 1330. The zero-order chi connectivity index (χ0) is 24.4. The molecule has 0 unspecified atom stereocenters. The highest BCUT2D eigenvalue weighted by atomic mass is 19.4. The molecule has 0 bridgehead atoms. The summed E-state index contributed by atoms with van der Waals surface area (Å²) in [5.41, 5.74) is 2.22. The summed E-state index contributed by atoms with van der Waals surface area (Å²) < 4.78 is 46.1. The molecule has 4 heterocycles. The average molecular weight is 482 g/mol. The molecule has 2 N–H and O–H groups in total. The highest BCUT2D eigenvalue weighted by Gasteiger charge is 2.42. The maximum Gasteiger partial charge on any atom is 0.491 e. The molecular weight excluding hydrogens is 461 g/mol. The van der Waals surface area contributed by atoms with Gasteiger partial charge in [-0.3, -0.25) is 4.68 Å². The summed E-state index contributed by atoms with van der Waals surface area (Å²) in [6.45, 7) is 1.71. The summed E-state index contributed by atoms with van der Waals surface area (Å²) in [6, 6.07) is 11.0. The Balaban J connectivity index is 1.57. The van der Waals surface area contributed by atoms with Gasteiger partial charge in [-0.05, 0) is 37.6 Å². The van der Waals surface area contributed by atoms with Crippen LogP contribution in [0.4, 0.5) is 13.2 Å². The number of pyridine rings is 1. The number of benzene rings is 1. The van der Waals surface area contributed by atoms with E-state index in [2.05, 4.69) is 25.4 Å². The van der Waals surface area contributed by atoms with Crippen LogP contribution in [0.3, 0.4) is 0 Å². The van der Waals surface area contributed by atoms with Gasteiger partial charge in [-0.25, -0.2) is 14.8 Å². The molecule has 1 aliphatic rings. The second-order valence-corrected chi connectivity index (χ2v) is 8.13. The minimum absolute atomic E-state index is 0.0168. The van der Waals surface area contributed by atoms with E-state index in [0.717, 1.165) is 31.5 Å². The number of alkyl halides is 3. The van der Waals surface area contributed by atoms with Crippen molar-refractivity contribution in [3.63, 3.8) is 0 Å². The normalized spacial score (nSPS) is 14.7. The Kier molecular flexibility index (Phi) is 6.08. The van der Waals surface area contributed by atoms with Gasteiger partial charge in [-0.2, -0.15) is 18.3 Å². The fraction of sp³-hybridized carbons (Fsp3) is 0.250. The summed E-state index contributed by atoms with van der Waals surface area (Å²) in [6.07, 6.45) is 2.86. The molecule has 4 aromatic rings. The molecule has 0 aliphatic carbocycles. The molecule has 1 saturated heterocycles. The molecule has 1 fully saturated rings. The second kappa shape index (κ2) is 9.34. The van der Waals surface area contributed by atoms with E-state index in [0.29, 0.717) is 11.3 Å². The van der Waals surface area contributed by atoms with Crippen LogP contribution >= 0.6 is 0 Å². The monoisotopic (exact) mass is 482 g/mol. The third-order valence-corrected chi connectivity index (χ3v) is 5.81. The highest BCUT2D eigenvalue weighted by Crippen LogP contribution is 2.38. The van der Waals surface area contributed by atoms with Crippen LogP contribution < -0.4 is 10.1 Å². The van der Waals surface area contributed by atoms with E-state index in [1.807, 2.05) is 30.3 Å². The van der Waals surface area contributed by atoms with Crippen LogP contribution in [0.25, 0.3) is 33.9 Å². The number of aromatic amines is 1. The molecule has 1 aliphatic heterocycles. The van der Waals surface area contributed by atoms with Gasteiger partial charge in [0.1, 0.15) is 5.69 Å². The van der Waals surface area contributed by atoms with Crippen molar-refractivity contribution in [1.82, 2.24) is 30.0 Å². The van der Waals surface area contributed by atoms with E-state index < -0.39 is 12.1 Å². The molecule has 180 valence electrons. The topological polar surface area (TPSA) is 97.7 Å². The molecule has 3 aromatic heterocycles. The van der Waals surface area contributed by atoms with Crippen LogP contribution in [0.15, 0.2) is 61.2 Å². The van der Waals surface area contributed by atoms with E-state index in [1.54, 1.807) is 23.3 Å². The van der Waals surface area contributed by atoms with Crippen molar-refractivity contribution < 1.29 is 22.7 Å². The highest BCUT2D eigenvalue weighted by molar-refractivity contribution is 5.85. The number of imidazole rings is 1. The molecule has 0 atom stereocenters. The smallest absolute Gasteiger partial charge is 0.417 e. The van der Waals surface area contributed by atoms with Crippen LogP contribution in [-0.2, 0) is 4.79 Å². The number of carbonyl (C=O) groups excluding carboxylic acids is 1. The molecule has 0 amide bonds. The zero-order valence-corrected chi connectivity index (χ0v) is 18.4. The van der Waals surface area contributed by atoms with E-state index >= 15 is 0 Å². The van der Waals surface area contributed by atoms with Crippen molar-refractivity contribution in [1.29, 1.82) is 0 Å². The van der Waals surface area contributed by atoms with Crippen LogP contribution in [-0.4, -0.2) is 50.0 Å². The number of nitrogens with zero attached hydrogens (tertiary/aromatic N) is 4. The predicted octanol–water partition coefficient (Wildman–Crippen LogP) is 4.39. The number of ether oxygens (including phenoxy) is 1. The Hall–Kier alpha value is -3.99. The molecule has 5 rings (SSSR count). The number of carbonyl (C=O) groups is 1. The first-order valence-electron chi connectivity index (χ1n) is 11.0. The number of nitrogens with one attached hydrogen (secondary N) is 2. The number of hydrogen-bond donors (Lipinski definition) is 2. The molecule has 0 spiro atoms. The maximum atomic E-state index is 13.1. The van der Waals surface area contributed by atoms with Crippen molar-refractivity contribution >= 4 is 5.97 Å². The van der Waals surface area contributed by atoms with Crippen molar-refractivity contribution in [3.8, 4) is 39.7 Å². The number of H-pyrrole nitrogens is 1. The van der Waals surface area contributed by atoms with Gasteiger partial charge in [0, 0.05) is 23.5 Å². The lowest BCUT2D eigenvalue weighted by molar-refractivity contribution is -0.189. The summed E-state index contributed by atoms with van der Waals surface area (Å²) in [7, 11) is 0. The van der Waals surface area contributed by atoms with Crippen molar-refractivity contribution in [3.05, 3.63) is 61.2 Å². The molecule has 1 aromatic carbocycles. The number of esters is 1. The third-order valence-electron chi connectivity index (χ3n) is 5.81. The van der Waals surface area contributed by atoms with Gasteiger partial charge in [0.05, 0.1) is 24.1 Å². The van der Waals surface area contributed by atoms with Crippen molar-refractivity contribution in [2.75, 3.05) is 13.1 Å². The fourth-order valence-corrected chi connectivity index (χ4v) is 4.05. The van der Waals surface area contributed by atoms with Crippen LogP contribution in [0.2, 0.25) is 0 Å². The third kappa shape index (κ3) is 4.80. The number of aromatic nitrogens is 5. The second-order valence-electron chi connectivity index (χ2n) is 8.13. The van der Waals surface area contributed by atoms with E-state index in [1.165, 1.54) is 12.3 Å². The minimum Gasteiger partial charge on any atom is -0.417 e. The number of piperidine rings is 1. The summed E-state index contributed by atoms with van der Waals surface area (Å²) >= 11 is 0. The first-order chi connectivity index (χ1) is 16.9. The maximum absolute atomic E-state index is 13.1. The van der Waals surface area contributed by atoms with Crippen LogP contribution in [0.5, 0.6) is 5.75 Å². The SMILES string of the molecule is O=C(Oc1c(-c2cnn(C3CCNCC3)c2)ccnc1-c1ncc(-c2ccccc2)[nH]1)C(F)(F)F. The molecule has 35 heavy (non-hydrogen) atoms. The van der Waals surface area contributed by atoms with Crippen LogP contribution in [0.1, 0.15) is 18.9 Å². The first-order valence-corrected chi connectivity index (χ1v) is 11.0. The Morgan fingerprint density at radius 3 is 2.54 bits per heavy atom. The standard InChI is InChI=1S/C24H21F3N6O2/c25-24(26,27)23(34)35-21-18(16-12-31-33(14-16)17-6-9-28-10-7-17)8-11-29-20(21)22-30-13-19(32-22)15-4-2-1-3-5-15/h1-5,8,11-14,17,28H,6-7,9-10H2,(H,30,32). The Morgan fingerprint density at radius 2 is 1.80 bits per heavy atom. The summed E-state index contributed by atoms with van der Waals surface area (Å²) in [5.74, 6) is -2.51. The van der Waals surface area contributed by atoms with Gasteiger partial charge in [-0.15, -0.1) is 0 Å². The summed E-state index contributed by atoms with van der Waals surface area (Å²) in [5, 5.41) is 7.70. The minimum atomic E-state index is -5.18. The van der Waals surface area contributed by atoms with Gasteiger partial charge in [0.2, 0.25) is 0 Å². The van der Waals surface area contributed by atoms with Crippen molar-refractivity contribution in [2.45, 2.75) is 25.1 Å². The predicted molar refractivity (Wildman–Crippen MR) is 121 cm³/mol. The lowest BCUT2D eigenvalue weighted by Gasteiger charge is -2.22. The Labute approximate surface area is 198 Å². The molecule has 11 heteroatoms. The molecule has 8 nitrogen and oxygen atoms in total. The van der Waals surface area contributed by atoms with Gasteiger partial charge in [0.15, 0.2) is 11.6 Å². The molecule has 0 radical (unpaired) electrons. The lowest BCUT2D eigenvalue weighted by atomic mass is 10.1. The average Bonchev–Trinajstić information content (AvgIpc) is 3.55. The van der Waals surface area contributed by atoms with Gasteiger partial charge >= 0.3 is 12.1 Å². The van der Waals surface area contributed by atoms with Crippen molar-refractivity contribution in [2.24, 2.45) is 0 Å². The zero-order valence-electron chi connectivity index (χ0n) is 18.4. The molecule has 0 saturated carbocycles. The van der Waals surface area contributed by atoms with E-state index in [4.69, 9.17) is 4.74 Å². The summed E-state index contributed by atoms with van der Waals surface area (Å²) in [4.78, 5) is 23.4. The number of hydrogen-bond acceptors (Lipinski definition) is 6. The van der Waals surface area contributed by atoms with E-state index in [-0.39, 0.29) is 28.9 Å². The fourth-order valence-electron chi connectivity index (χ4n) is 4.05. The molecular formula is C24H21F3N6O2. The van der Waals surface area contributed by atoms with E-state index in [9.17, 15) is 18.0 Å².